The van der Waals surface area contributed by atoms with E-state index in [4.69, 9.17) is 4.42 Å². The van der Waals surface area contributed by atoms with Crippen LogP contribution in [-0.4, -0.2) is 11.6 Å². The summed E-state index contributed by atoms with van der Waals surface area (Å²) in [4.78, 5) is 11.8. The average molecular weight is 286 g/mol. The van der Waals surface area contributed by atoms with Crippen molar-refractivity contribution in [1.82, 2.24) is 9.88 Å². The summed E-state index contributed by atoms with van der Waals surface area (Å²) in [7, 11) is 2.03. The standard InChI is InChI=1S/C17H22N2O2/c1-3-19-14-5-4-10(9-15(14)21-17(19)20)16(18-2)13-7-11-6-12(11)8-13/h4-5,9,11-13,16,18H,3,6-8H2,1-2H3. The summed E-state index contributed by atoms with van der Waals surface area (Å²) in [5.41, 5.74) is 2.85. The van der Waals surface area contributed by atoms with Gasteiger partial charge in [0.25, 0.3) is 0 Å². The van der Waals surface area contributed by atoms with E-state index in [1.54, 1.807) is 4.57 Å². The van der Waals surface area contributed by atoms with Crippen LogP contribution in [-0.2, 0) is 6.54 Å². The first-order valence-electron chi connectivity index (χ1n) is 8.01. The minimum Gasteiger partial charge on any atom is -0.408 e. The summed E-state index contributed by atoms with van der Waals surface area (Å²) >= 11 is 0. The molecule has 3 unspecified atom stereocenters. The Morgan fingerprint density at radius 3 is 2.76 bits per heavy atom. The van der Waals surface area contributed by atoms with Crippen LogP contribution in [0.1, 0.15) is 37.8 Å². The third-order valence-electron chi connectivity index (χ3n) is 5.43. The quantitative estimate of drug-likeness (QED) is 0.940. The van der Waals surface area contributed by atoms with Crippen LogP contribution in [0.2, 0.25) is 0 Å². The fraction of sp³-hybridized carbons (Fsp3) is 0.588. The Kier molecular flexibility index (Phi) is 2.96. The first kappa shape index (κ1) is 13.1. The average Bonchev–Trinajstić information content (AvgIpc) is 2.95. The van der Waals surface area contributed by atoms with Crippen LogP contribution in [0.3, 0.4) is 0 Å². The second-order valence-corrected chi connectivity index (χ2v) is 6.59. The number of aryl methyl sites for hydroxylation is 1. The highest BCUT2D eigenvalue weighted by atomic mass is 16.4. The van der Waals surface area contributed by atoms with Crippen molar-refractivity contribution in [3.8, 4) is 0 Å². The van der Waals surface area contributed by atoms with Gasteiger partial charge in [0.15, 0.2) is 5.58 Å². The third kappa shape index (κ3) is 2.04. The Balaban J connectivity index is 1.70. The second-order valence-electron chi connectivity index (χ2n) is 6.59. The number of benzene rings is 1. The molecule has 0 amide bonds. The SMILES string of the molecule is CCn1c(=O)oc2cc(C(NC)C3CC4CC4C3)ccc21. The maximum atomic E-state index is 11.8. The second kappa shape index (κ2) is 4.73. The van der Waals surface area contributed by atoms with Crippen molar-refractivity contribution < 1.29 is 4.42 Å². The molecule has 1 aromatic heterocycles. The molecule has 2 saturated carbocycles. The Morgan fingerprint density at radius 1 is 1.33 bits per heavy atom. The molecule has 1 aromatic carbocycles. The smallest absolute Gasteiger partial charge is 0.408 e. The van der Waals surface area contributed by atoms with E-state index in [0.717, 1.165) is 23.3 Å². The fourth-order valence-corrected chi connectivity index (χ4v) is 4.28. The van der Waals surface area contributed by atoms with Gasteiger partial charge in [-0.05, 0) is 68.7 Å². The van der Waals surface area contributed by atoms with Crippen molar-refractivity contribution in [2.24, 2.45) is 17.8 Å². The summed E-state index contributed by atoms with van der Waals surface area (Å²) in [5.74, 6) is 2.42. The van der Waals surface area contributed by atoms with Gasteiger partial charge in [0.1, 0.15) is 0 Å². The van der Waals surface area contributed by atoms with Crippen LogP contribution in [0.15, 0.2) is 27.4 Å². The van der Waals surface area contributed by atoms with Crippen LogP contribution in [0.25, 0.3) is 11.1 Å². The number of hydrogen-bond acceptors (Lipinski definition) is 3. The van der Waals surface area contributed by atoms with Crippen LogP contribution < -0.4 is 11.1 Å². The summed E-state index contributed by atoms with van der Waals surface area (Å²) in [6, 6.07) is 6.60. The van der Waals surface area contributed by atoms with Crippen molar-refractivity contribution >= 4 is 11.1 Å². The topological polar surface area (TPSA) is 47.2 Å². The molecule has 3 atom stereocenters. The zero-order chi connectivity index (χ0) is 14.6. The van der Waals surface area contributed by atoms with Crippen molar-refractivity contribution in [2.75, 3.05) is 7.05 Å². The maximum Gasteiger partial charge on any atom is 0.419 e. The molecule has 4 heteroatoms. The van der Waals surface area contributed by atoms with Gasteiger partial charge in [0, 0.05) is 12.6 Å². The molecule has 0 spiro atoms. The first-order valence-corrected chi connectivity index (χ1v) is 8.01. The van der Waals surface area contributed by atoms with Crippen molar-refractivity contribution in [3.05, 3.63) is 34.3 Å². The molecule has 4 rings (SSSR count). The van der Waals surface area contributed by atoms with Crippen LogP contribution >= 0.6 is 0 Å². The molecule has 0 aliphatic heterocycles. The molecule has 2 aromatic rings. The van der Waals surface area contributed by atoms with Crippen molar-refractivity contribution in [1.29, 1.82) is 0 Å². The molecule has 4 nitrogen and oxygen atoms in total. The predicted octanol–water partition coefficient (Wildman–Crippen LogP) is 2.92. The van der Waals surface area contributed by atoms with Gasteiger partial charge in [-0.25, -0.2) is 4.79 Å². The van der Waals surface area contributed by atoms with Gasteiger partial charge in [-0.1, -0.05) is 6.07 Å². The number of hydrogen-bond donors (Lipinski definition) is 1. The molecule has 1 N–H and O–H groups in total. The third-order valence-corrected chi connectivity index (χ3v) is 5.43. The molecule has 0 radical (unpaired) electrons. The maximum absolute atomic E-state index is 11.8. The minimum absolute atomic E-state index is 0.257. The number of oxazole rings is 1. The minimum atomic E-state index is -0.257. The molecule has 21 heavy (non-hydrogen) atoms. The van der Waals surface area contributed by atoms with Gasteiger partial charge in [0.05, 0.1) is 5.52 Å². The summed E-state index contributed by atoms with van der Waals surface area (Å²) < 4.78 is 7.08. The zero-order valence-corrected chi connectivity index (χ0v) is 12.6. The van der Waals surface area contributed by atoms with Gasteiger partial charge >= 0.3 is 5.76 Å². The van der Waals surface area contributed by atoms with E-state index in [0.29, 0.717) is 18.2 Å². The van der Waals surface area contributed by atoms with Crippen molar-refractivity contribution in [3.63, 3.8) is 0 Å². The van der Waals surface area contributed by atoms with E-state index in [2.05, 4.69) is 11.4 Å². The van der Waals surface area contributed by atoms with E-state index in [1.807, 2.05) is 26.1 Å². The Bertz CT molecular complexity index is 720. The van der Waals surface area contributed by atoms with Crippen LogP contribution in [0.5, 0.6) is 0 Å². The van der Waals surface area contributed by atoms with E-state index in [9.17, 15) is 4.79 Å². The van der Waals surface area contributed by atoms with Gasteiger partial charge in [-0.3, -0.25) is 4.57 Å². The van der Waals surface area contributed by atoms with Crippen molar-refractivity contribution in [2.45, 2.75) is 38.8 Å². The van der Waals surface area contributed by atoms with Crippen LogP contribution in [0, 0.1) is 17.8 Å². The molecule has 2 aliphatic carbocycles. The lowest BCUT2D eigenvalue weighted by Crippen LogP contribution is -2.24. The highest BCUT2D eigenvalue weighted by Gasteiger charge is 2.47. The molecular formula is C17H22N2O2. The van der Waals surface area contributed by atoms with E-state index in [-0.39, 0.29) is 5.76 Å². The highest BCUT2D eigenvalue weighted by molar-refractivity contribution is 5.74. The monoisotopic (exact) mass is 286 g/mol. The summed E-state index contributed by atoms with van der Waals surface area (Å²) in [6.07, 6.45) is 4.13. The van der Waals surface area contributed by atoms with Gasteiger partial charge in [-0.2, -0.15) is 0 Å². The van der Waals surface area contributed by atoms with E-state index in [1.165, 1.54) is 24.8 Å². The molecule has 2 fully saturated rings. The Labute approximate surface area is 124 Å². The van der Waals surface area contributed by atoms with Gasteiger partial charge < -0.3 is 9.73 Å². The fourth-order valence-electron chi connectivity index (χ4n) is 4.28. The highest BCUT2D eigenvalue weighted by Crippen LogP contribution is 2.57. The lowest BCUT2D eigenvalue weighted by Gasteiger charge is -2.24. The molecule has 1 heterocycles. The van der Waals surface area contributed by atoms with E-state index >= 15 is 0 Å². The number of rotatable bonds is 4. The largest absolute Gasteiger partial charge is 0.419 e. The predicted molar refractivity (Wildman–Crippen MR) is 82.3 cm³/mol. The van der Waals surface area contributed by atoms with Gasteiger partial charge in [-0.15, -0.1) is 0 Å². The molecule has 2 aliphatic rings. The van der Waals surface area contributed by atoms with Gasteiger partial charge in [0.2, 0.25) is 0 Å². The lowest BCUT2D eigenvalue weighted by molar-refractivity contribution is 0.359. The van der Waals surface area contributed by atoms with E-state index < -0.39 is 0 Å². The first-order chi connectivity index (χ1) is 10.2. The number of aromatic nitrogens is 1. The normalized spacial score (nSPS) is 28.8. The summed E-state index contributed by atoms with van der Waals surface area (Å²) in [5, 5.41) is 3.47. The van der Waals surface area contributed by atoms with Crippen LogP contribution in [0.4, 0.5) is 0 Å². The Hall–Kier alpha value is -1.55. The Morgan fingerprint density at radius 2 is 2.10 bits per heavy atom. The number of nitrogens with one attached hydrogen (secondary N) is 1. The molecular weight excluding hydrogens is 264 g/mol. The molecule has 0 saturated heterocycles. The zero-order valence-electron chi connectivity index (χ0n) is 12.6. The number of nitrogens with zero attached hydrogens (tertiary/aromatic N) is 1. The number of fused-ring (bicyclic) bond motifs is 2. The lowest BCUT2D eigenvalue weighted by atomic mass is 9.89. The summed E-state index contributed by atoms with van der Waals surface area (Å²) in [6.45, 7) is 2.61. The molecule has 112 valence electrons. The molecule has 0 bridgehead atoms.